The molecular weight excluding hydrogens is 324 g/mol. The number of hydrogen-bond donors (Lipinski definition) is 1. The number of hydrogen-bond acceptors (Lipinski definition) is 3. The van der Waals surface area contributed by atoms with Gasteiger partial charge in [0.25, 0.3) is 0 Å². The SMILES string of the molecule is O=C(CCc1ncc(-c2ccc(Cl)cc2)o1)NCc1ccccc1. The minimum absolute atomic E-state index is 0.0231. The van der Waals surface area contributed by atoms with Gasteiger partial charge in [-0.15, -0.1) is 0 Å². The van der Waals surface area contributed by atoms with Crippen LogP contribution in [0.15, 0.2) is 65.2 Å². The predicted octanol–water partition coefficient (Wildman–Crippen LogP) is 4.24. The number of carbonyl (C=O) groups excluding carboxylic acids is 1. The topological polar surface area (TPSA) is 55.1 Å². The zero-order valence-corrected chi connectivity index (χ0v) is 13.8. The van der Waals surface area contributed by atoms with Gasteiger partial charge in [-0.25, -0.2) is 4.98 Å². The highest BCUT2D eigenvalue weighted by Crippen LogP contribution is 2.22. The standard InChI is InChI=1S/C19H17ClN2O2/c20-16-8-6-15(7-9-16)17-13-22-19(24-17)11-10-18(23)21-12-14-4-2-1-3-5-14/h1-9,13H,10-12H2,(H,21,23). The van der Waals surface area contributed by atoms with E-state index < -0.39 is 0 Å². The molecule has 0 aliphatic rings. The second kappa shape index (κ2) is 7.79. The molecule has 5 heteroatoms. The molecular formula is C19H17ClN2O2. The van der Waals surface area contributed by atoms with Crippen molar-refractivity contribution in [2.75, 3.05) is 0 Å². The van der Waals surface area contributed by atoms with Crippen LogP contribution < -0.4 is 5.32 Å². The predicted molar refractivity (Wildman–Crippen MR) is 93.6 cm³/mol. The Bertz CT molecular complexity index is 798. The number of nitrogens with zero attached hydrogens (tertiary/aromatic N) is 1. The third-order valence-electron chi connectivity index (χ3n) is 3.58. The van der Waals surface area contributed by atoms with E-state index in [1.54, 1.807) is 18.3 Å². The van der Waals surface area contributed by atoms with Crippen molar-refractivity contribution >= 4 is 17.5 Å². The van der Waals surface area contributed by atoms with Gasteiger partial charge in [0.05, 0.1) is 6.20 Å². The van der Waals surface area contributed by atoms with Gasteiger partial charge in [-0.05, 0) is 29.8 Å². The molecule has 0 unspecified atom stereocenters. The lowest BCUT2D eigenvalue weighted by molar-refractivity contribution is -0.121. The first kappa shape index (κ1) is 16.3. The number of halogens is 1. The fraction of sp³-hybridized carbons (Fsp3) is 0.158. The van der Waals surface area contributed by atoms with Gasteiger partial charge in [0.1, 0.15) is 0 Å². The Morgan fingerprint density at radius 2 is 1.83 bits per heavy atom. The number of benzene rings is 2. The maximum Gasteiger partial charge on any atom is 0.220 e. The van der Waals surface area contributed by atoms with Crippen LogP contribution in [0.5, 0.6) is 0 Å². The smallest absolute Gasteiger partial charge is 0.220 e. The number of carbonyl (C=O) groups is 1. The van der Waals surface area contributed by atoms with E-state index >= 15 is 0 Å². The van der Waals surface area contributed by atoms with Gasteiger partial charge in [0.2, 0.25) is 5.91 Å². The van der Waals surface area contributed by atoms with Crippen molar-refractivity contribution in [2.24, 2.45) is 0 Å². The van der Waals surface area contributed by atoms with Gasteiger partial charge in [-0.2, -0.15) is 0 Å². The zero-order chi connectivity index (χ0) is 16.8. The molecule has 0 aliphatic carbocycles. The molecule has 0 fully saturated rings. The summed E-state index contributed by atoms with van der Waals surface area (Å²) in [7, 11) is 0. The van der Waals surface area contributed by atoms with E-state index in [0.29, 0.717) is 36.1 Å². The molecule has 1 aromatic heterocycles. The molecule has 0 atom stereocenters. The maximum absolute atomic E-state index is 11.9. The summed E-state index contributed by atoms with van der Waals surface area (Å²) >= 11 is 5.87. The highest BCUT2D eigenvalue weighted by Gasteiger charge is 2.09. The highest BCUT2D eigenvalue weighted by molar-refractivity contribution is 6.30. The van der Waals surface area contributed by atoms with Crippen LogP contribution in [-0.2, 0) is 17.8 Å². The summed E-state index contributed by atoms with van der Waals surface area (Å²) < 4.78 is 5.69. The Morgan fingerprint density at radius 3 is 2.58 bits per heavy atom. The first-order valence-electron chi connectivity index (χ1n) is 7.72. The van der Waals surface area contributed by atoms with Gasteiger partial charge in [0.15, 0.2) is 11.7 Å². The maximum atomic E-state index is 11.9. The molecule has 3 aromatic rings. The third kappa shape index (κ3) is 4.46. The van der Waals surface area contributed by atoms with Gasteiger partial charge >= 0.3 is 0 Å². The normalized spacial score (nSPS) is 10.5. The Hall–Kier alpha value is -2.59. The zero-order valence-electron chi connectivity index (χ0n) is 13.0. The molecule has 1 heterocycles. The number of aryl methyl sites for hydroxylation is 1. The minimum atomic E-state index is -0.0231. The average molecular weight is 341 g/mol. The van der Waals surface area contributed by atoms with Crippen LogP contribution in [0.1, 0.15) is 17.9 Å². The molecule has 4 nitrogen and oxygen atoms in total. The van der Waals surface area contributed by atoms with Crippen LogP contribution in [0.2, 0.25) is 5.02 Å². The average Bonchev–Trinajstić information content (AvgIpc) is 3.09. The quantitative estimate of drug-likeness (QED) is 0.730. The monoisotopic (exact) mass is 340 g/mol. The Kier molecular flexibility index (Phi) is 5.29. The van der Waals surface area contributed by atoms with Crippen LogP contribution in [0, 0.1) is 0 Å². The molecule has 1 amide bonds. The fourth-order valence-electron chi connectivity index (χ4n) is 2.28. The van der Waals surface area contributed by atoms with E-state index in [-0.39, 0.29) is 5.91 Å². The van der Waals surface area contributed by atoms with E-state index in [1.807, 2.05) is 42.5 Å². The van der Waals surface area contributed by atoms with E-state index in [2.05, 4.69) is 10.3 Å². The van der Waals surface area contributed by atoms with Gasteiger partial charge in [0, 0.05) is 30.0 Å². The van der Waals surface area contributed by atoms with E-state index in [9.17, 15) is 4.79 Å². The number of rotatable bonds is 6. The van der Waals surface area contributed by atoms with Crippen molar-refractivity contribution in [3.05, 3.63) is 77.3 Å². The van der Waals surface area contributed by atoms with Crippen molar-refractivity contribution < 1.29 is 9.21 Å². The lowest BCUT2D eigenvalue weighted by atomic mass is 10.2. The van der Waals surface area contributed by atoms with Crippen molar-refractivity contribution in [3.8, 4) is 11.3 Å². The first-order chi connectivity index (χ1) is 11.7. The van der Waals surface area contributed by atoms with Crippen molar-refractivity contribution in [1.29, 1.82) is 0 Å². The van der Waals surface area contributed by atoms with Gasteiger partial charge in [-0.1, -0.05) is 41.9 Å². The number of aromatic nitrogens is 1. The summed E-state index contributed by atoms with van der Waals surface area (Å²) in [6.07, 6.45) is 2.47. The molecule has 24 heavy (non-hydrogen) atoms. The molecule has 3 rings (SSSR count). The van der Waals surface area contributed by atoms with Crippen LogP contribution >= 0.6 is 11.6 Å². The molecule has 0 spiro atoms. The second-order valence-corrected chi connectivity index (χ2v) is 5.82. The van der Waals surface area contributed by atoms with E-state index in [1.165, 1.54) is 0 Å². The Labute approximate surface area is 145 Å². The Balaban J connectivity index is 1.50. The van der Waals surface area contributed by atoms with E-state index in [0.717, 1.165) is 11.1 Å². The number of nitrogens with one attached hydrogen (secondary N) is 1. The van der Waals surface area contributed by atoms with Crippen molar-refractivity contribution in [3.63, 3.8) is 0 Å². The van der Waals surface area contributed by atoms with Crippen molar-refractivity contribution in [1.82, 2.24) is 10.3 Å². The summed E-state index contributed by atoms with van der Waals surface area (Å²) in [4.78, 5) is 16.1. The third-order valence-corrected chi connectivity index (χ3v) is 3.83. The van der Waals surface area contributed by atoms with Crippen LogP contribution in [-0.4, -0.2) is 10.9 Å². The number of amides is 1. The first-order valence-corrected chi connectivity index (χ1v) is 8.10. The molecule has 0 radical (unpaired) electrons. The molecule has 0 saturated heterocycles. The molecule has 122 valence electrons. The van der Waals surface area contributed by atoms with Crippen LogP contribution in [0.4, 0.5) is 0 Å². The van der Waals surface area contributed by atoms with Gasteiger partial charge < -0.3 is 9.73 Å². The largest absolute Gasteiger partial charge is 0.441 e. The van der Waals surface area contributed by atoms with Gasteiger partial charge in [-0.3, -0.25) is 4.79 Å². The lowest BCUT2D eigenvalue weighted by Crippen LogP contribution is -2.22. The molecule has 2 aromatic carbocycles. The fourth-order valence-corrected chi connectivity index (χ4v) is 2.40. The molecule has 1 N–H and O–H groups in total. The highest BCUT2D eigenvalue weighted by atomic mass is 35.5. The number of oxazole rings is 1. The summed E-state index contributed by atoms with van der Waals surface area (Å²) in [5.41, 5.74) is 1.98. The van der Waals surface area contributed by atoms with Crippen molar-refractivity contribution in [2.45, 2.75) is 19.4 Å². The molecule has 0 saturated carbocycles. The summed E-state index contributed by atoms with van der Waals surface area (Å²) in [5, 5.41) is 3.57. The Morgan fingerprint density at radius 1 is 1.08 bits per heavy atom. The summed E-state index contributed by atoms with van der Waals surface area (Å²) in [6.45, 7) is 0.529. The second-order valence-electron chi connectivity index (χ2n) is 5.39. The summed E-state index contributed by atoms with van der Waals surface area (Å²) in [5.74, 6) is 1.20. The molecule has 0 bridgehead atoms. The van der Waals surface area contributed by atoms with E-state index in [4.69, 9.17) is 16.0 Å². The van der Waals surface area contributed by atoms with Crippen LogP contribution in [0.25, 0.3) is 11.3 Å². The minimum Gasteiger partial charge on any atom is -0.441 e. The summed E-state index contributed by atoms with van der Waals surface area (Å²) in [6, 6.07) is 17.2. The molecule has 0 aliphatic heterocycles. The lowest BCUT2D eigenvalue weighted by Gasteiger charge is -2.04. The van der Waals surface area contributed by atoms with Crippen LogP contribution in [0.3, 0.4) is 0 Å².